The molecule has 0 aromatic heterocycles. The Bertz CT molecular complexity index is 532. The lowest BCUT2D eigenvalue weighted by Gasteiger charge is -2.40. The van der Waals surface area contributed by atoms with Crippen molar-refractivity contribution in [3.8, 4) is 5.75 Å². The van der Waals surface area contributed by atoms with E-state index in [9.17, 15) is 13.6 Å². The van der Waals surface area contributed by atoms with Gasteiger partial charge in [0, 0.05) is 25.2 Å². The summed E-state index contributed by atoms with van der Waals surface area (Å²) in [4.78, 5) is 14.5. The zero-order valence-corrected chi connectivity index (χ0v) is 13.4. The summed E-state index contributed by atoms with van der Waals surface area (Å²) in [6, 6.07) is 5.98. The fourth-order valence-electron chi connectivity index (χ4n) is 2.53. The van der Waals surface area contributed by atoms with Gasteiger partial charge in [-0.05, 0) is 26.0 Å². The number of carbonyl (C=O) groups excluding carboxylic acids is 1. The molecule has 2 rings (SSSR count). The minimum atomic E-state index is -2.96. The van der Waals surface area contributed by atoms with Crippen LogP contribution < -0.4 is 10.1 Å². The van der Waals surface area contributed by atoms with Crippen LogP contribution in [-0.2, 0) is 4.74 Å². The highest BCUT2D eigenvalue weighted by molar-refractivity contribution is 5.96. The summed E-state index contributed by atoms with van der Waals surface area (Å²) in [5.41, 5.74) is -0.150. The molecule has 0 unspecified atom stereocenters. The average Bonchev–Trinajstić information content (AvgIpc) is 2.53. The van der Waals surface area contributed by atoms with E-state index in [1.807, 2.05) is 13.8 Å². The van der Waals surface area contributed by atoms with E-state index in [0.717, 1.165) is 13.1 Å². The molecule has 1 heterocycles. The molecule has 128 valence electrons. The molecule has 0 bridgehead atoms. The van der Waals surface area contributed by atoms with Gasteiger partial charge in [0.25, 0.3) is 5.91 Å². The van der Waals surface area contributed by atoms with Gasteiger partial charge >= 0.3 is 6.61 Å². The number of rotatable bonds is 6. The standard InChI is InChI=1S/C16H22F2N2O3/c1-16(2,20-7-9-22-10-8-20)11-19-14(21)12-5-3-4-6-13(12)23-15(17)18/h3-6,15H,7-11H2,1-2H3,(H,19,21). The summed E-state index contributed by atoms with van der Waals surface area (Å²) >= 11 is 0. The van der Waals surface area contributed by atoms with E-state index in [4.69, 9.17) is 4.74 Å². The zero-order valence-electron chi connectivity index (χ0n) is 13.4. The number of hydrogen-bond acceptors (Lipinski definition) is 4. The van der Waals surface area contributed by atoms with E-state index in [-0.39, 0.29) is 16.9 Å². The van der Waals surface area contributed by atoms with E-state index < -0.39 is 12.5 Å². The monoisotopic (exact) mass is 328 g/mol. The predicted octanol–water partition coefficient (Wildman–Crippen LogP) is 2.13. The Hall–Kier alpha value is -1.73. The van der Waals surface area contributed by atoms with E-state index >= 15 is 0 Å². The van der Waals surface area contributed by atoms with Crippen molar-refractivity contribution in [2.45, 2.75) is 26.0 Å². The number of carbonyl (C=O) groups is 1. The summed E-state index contributed by atoms with van der Waals surface area (Å²) < 4.78 is 34.5. The molecule has 1 aliphatic rings. The number of morpholine rings is 1. The van der Waals surface area contributed by atoms with E-state index in [0.29, 0.717) is 19.8 Å². The Labute approximate surface area is 134 Å². The number of benzene rings is 1. The number of ether oxygens (including phenoxy) is 2. The van der Waals surface area contributed by atoms with E-state index in [2.05, 4.69) is 15.0 Å². The smallest absolute Gasteiger partial charge is 0.387 e. The maximum atomic E-state index is 12.4. The van der Waals surface area contributed by atoms with Gasteiger partial charge in [-0.2, -0.15) is 8.78 Å². The summed E-state index contributed by atoms with van der Waals surface area (Å²) in [6.45, 7) is 4.43. The Kier molecular flexibility index (Phi) is 5.90. The topological polar surface area (TPSA) is 50.8 Å². The maximum Gasteiger partial charge on any atom is 0.387 e. The van der Waals surface area contributed by atoms with Crippen LogP contribution in [0.2, 0.25) is 0 Å². The quantitative estimate of drug-likeness (QED) is 0.869. The van der Waals surface area contributed by atoms with E-state index in [1.165, 1.54) is 12.1 Å². The molecule has 1 amide bonds. The third-order valence-electron chi connectivity index (χ3n) is 3.90. The van der Waals surface area contributed by atoms with Gasteiger partial charge in [-0.15, -0.1) is 0 Å². The van der Waals surface area contributed by atoms with Gasteiger partial charge in [-0.3, -0.25) is 9.69 Å². The largest absolute Gasteiger partial charge is 0.434 e. The van der Waals surface area contributed by atoms with Crippen molar-refractivity contribution >= 4 is 5.91 Å². The maximum absolute atomic E-state index is 12.4. The van der Waals surface area contributed by atoms with Crippen LogP contribution in [0.15, 0.2) is 24.3 Å². The molecule has 7 heteroatoms. The van der Waals surface area contributed by atoms with Gasteiger partial charge in [0.05, 0.1) is 18.8 Å². The number of alkyl halides is 2. The van der Waals surface area contributed by atoms with Gasteiger partial charge in [-0.1, -0.05) is 12.1 Å². The highest BCUT2D eigenvalue weighted by atomic mass is 19.3. The number of para-hydroxylation sites is 1. The highest BCUT2D eigenvalue weighted by Crippen LogP contribution is 2.21. The first-order valence-corrected chi connectivity index (χ1v) is 7.55. The second-order valence-electron chi connectivity index (χ2n) is 5.97. The van der Waals surface area contributed by atoms with Crippen molar-refractivity contribution in [1.82, 2.24) is 10.2 Å². The summed E-state index contributed by atoms with van der Waals surface area (Å²) in [6.07, 6.45) is 0. The van der Waals surface area contributed by atoms with Crippen molar-refractivity contribution in [1.29, 1.82) is 0 Å². The fraction of sp³-hybridized carbons (Fsp3) is 0.562. The minimum Gasteiger partial charge on any atom is -0.434 e. The van der Waals surface area contributed by atoms with Gasteiger partial charge in [-0.25, -0.2) is 0 Å². The lowest BCUT2D eigenvalue weighted by atomic mass is 10.0. The number of nitrogens with zero attached hydrogens (tertiary/aromatic N) is 1. The molecule has 1 aliphatic heterocycles. The van der Waals surface area contributed by atoms with Gasteiger partial charge in [0.1, 0.15) is 5.75 Å². The van der Waals surface area contributed by atoms with Crippen LogP contribution in [0.1, 0.15) is 24.2 Å². The first kappa shape index (κ1) is 17.6. The van der Waals surface area contributed by atoms with Crippen molar-refractivity contribution in [2.24, 2.45) is 0 Å². The predicted molar refractivity (Wildman–Crippen MR) is 81.9 cm³/mol. The molecule has 1 aromatic rings. The molecular formula is C16H22F2N2O3. The molecule has 1 N–H and O–H groups in total. The third kappa shape index (κ3) is 4.87. The Morgan fingerprint density at radius 1 is 1.35 bits per heavy atom. The van der Waals surface area contributed by atoms with Crippen molar-refractivity contribution < 1.29 is 23.0 Å². The second kappa shape index (κ2) is 7.70. The van der Waals surface area contributed by atoms with Crippen molar-refractivity contribution in [3.05, 3.63) is 29.8 Å². The molecule has 1 fully saturated rings. The van der Waals surface area contributed by atoms with Crippen LogP contribution >= 0.6 is 0 Å². The lowest BCUT2D eigenvalue weighted by Crippen LogP contribution is -2.55. The molecule has 0 atom stereocenters. The third-order valence-corrected chi connectivity index (χ3v) is 3.90. The van der Waals surface area contributed by atoms with Crippen LogP contribution in [0, 0.1) is 0 Å². The molecule has 1 saturated heterocycles. The average molecular weight is 328 g/mol. The molecule has 0 spiro atoms. The number of nitrogens with one attached hydrogen (secondary N) is 1. The first-order valence-electron chi connectivity index (χ1n) is 7.55. The molecule has 5 nitrogen and oxygen atoms in total. The van der Waals surface area contributed by atoms with Crippen LogP contribution in [0.5, 0.6) is 5.75 Å². The Morgan fingerprint density at radius 2 is 2.00 bits per heavy atom. The molecule has 0 aliphatic carbocycles. The van der Waals surface area contributed by atoms with Crippen LogP contribution in [0.4, 0.5) is 8.78 Å². The van der Waals surface area contributed by atoms with Gasteiger partial charge < -0.3 is 14.8 Å². The normalized spacial score (nSPS) is 16.4. The molecular weight excluding hydrogens is 306 g/mol. The fourth-order valence-corrected chi connectivity index (χ4v) is 2.53. The number of halogens is 2. The summed E-state index contributed by atoms with van der Waals surface area (Å²) in [7, 11) is 0. The SMILES string of the molecule is CC(C)(CNC(=O)c1ccccc1OC(F)F)N1CCOCC1. The number of hydrogen-bond donors (Lipinski definition) is 1. The first-order chi connectivity index (χ1) is 10.9. The summed E-state index contributed by atoms with van der Waals surface area (Å²) in [5, 5.41) is 2.80. The Balaban J connectivity index is 1.99. The summed E-state index contributed by atoms with van der Waals surface area (Å²) in [5.74, 6) is -0.549. The Morgan fingerprint density at radius 3 is 2.65 bits per heavy atom. The van der Waals surface area contributed by atoms with Crippen LogP contribution in [0.25, 0.3) is 0 Å². The zero-order chi connectivity index (χ0) is 16.9. The highest BCUT2D eigenvalue weighted by Gasteiger charge is 2.29. The molecule has 1 aromatic carbocycles. The molecule has 23 heavy (non-hydrogen) atoms. The molecule has 0 radical (unpaired) electrons. The van der Waals surface area contributed by atoms with Crippen LogP contribution in [0.3, 0.4) is 0 Å². The minimum absolute atomic E-state index is 0.102. The second-order valence-corrected chi connectivity index (χ2v) is 5.97. The van der Waals surface area contributed by atoms with Crippen molar-refractivity contribution in [2.75, 3.05) is 32.8 Å². The van der Waals surface area contributed by atoms with Crippen LogP contribution in [-0.4, -0.2) is 55.8 Å². The van der Waals surface area contributed by atoms with E-state index in [1.54, 1.807) is 12.1 Å². The van der Waals surface area contributed by atoms with Gasteiger partial charge in [0.2, 0.25) is 0 Å². The van der Waals surface area contributed by atoms with Gasteiger partial charge in [0.15, 0.2) is 0 Å². The number of amides is 1. The van der Waals surface area contributed by atoms with Crippen molar-refractivity contribution in [3.63, 3.8) is 0 Å². The lowest BCUT2D eigenvalue weighted by molar-refractivity contribution is -0.0501. The molecule has 0 saturated carbocycles.